The highest BCUT2D eigenvalue weighted by atomic mass is 32.1. The van der Waals surface area contributed by atoms with Gasteiger partial charge in [0.1, 0.15) is 5.82 Å². The topological polar surface area (TPSA) is 38.9 Å². The quantitative estimate of drug-likeness (QED) is 0.754. The molecule has 68 valence electrons. The lowest BCUT2D eigenvalue weighted by atomic mass is 10.2. The van der Waals surface area contributed by atoms with Gasteiger partial charge < -0.3 is 5.73 Å². The SMILES string of the molecule is CCc1cc2scc(C)c2nc1N. The summed E-state index contributed by atoms with van der Waals surface area (Å²) < 4.78 is 1.24. The zero-order chi connectivity index (χ0) is 9.42. The molecular weight excluding hydrogens is 180 g/mol. The smallest absolute Gasteiger partial charge is 0.127 e. The summed E-state index contributed by atoms with van der Waals surface area (Å²) in [5.74, 6) is 0.677. The minimum absolute atomic E-state index is 0.677. The van der Waals surface area contributed by atoms with E-state index in [1.54, 1.807) is 11.3 Å². The number of anilines is 1. The van der Waals surface area contributed by atoms with Crippen LogP contribution in [0.15, 0.2) is 11.4 Å². The van der Waals surface area contributed by atoms with E-state index >= 15 is 0 Å². The molecule has 0 aromatic carbocycles. The fraction of sp³-hybridized carbons (Fsp3) is 0.300. The third-order valence-electron chi connectivity index (χ3n) is 2.22. The number of hydrogen-bond donors (Lipinski definition) is 1. The molecule has 0 amide bonds. The van der Waals surface area contributed by atoms with Gasteiger partial charge in [0.15, 0.2) is 0 Å². The van der Waals surface area contributed by atoms with E-state index in [2.05, 4.69) is 30.3 Å². The van der Waals surface area contributed by atoms with Crippen molar-refractivity contribution in [3.63, 3.8) is 0 Å². The van der Waals surface area contributed by atoms with Gasteiger partial charge in [-0.1, -0.05) is 6.92 Å². The Morgan fingerprint density at radius 3 is 3.00 bits per heavy atom. The molecule has 0 spiro atoms. The maximum atomic E-state index is 5.82. The Balaban J connectivity index is 2.76. The summed E-state index contributed by atoms with van der Waals surface area (Å²) in [6.45, 7) is 4.16. The van der Waals surface area contributed by atoms with E-state index in [4.69, 9.17) is 5.73 Å². The van der Waals surface area contributed by atoms with Gasteiger partial charge in [-0.3, -0.25) is 0 Å². The molecule has 0 saturated heterocycles. The van der Waals surface area contributed by atoms with Crippen LogP contribution in [0.2, 0.25) is 0 Å². The monoisotopic (exact) mass is 192 g/mol. The van der Waals surface area contributed by atoms with Gasteiger partial charge in [0.05, 0.1) is 10.2 Å². The van der Waals surface area contributed by atoms with E-state index in [0.29, 0.717) is 5.82 Å². The van der Waals surface area contributed by atoms with E-state index in [1.807, 2.05) is 0 Å². The number of pyridine rings is 1. The Morgan fingerprint density at radius 1 is 1.54 bits per heavy atom. The zero-order valence-electron chi connectivity index (χ0n) is 7.79. The number of thiophene rings is 1. The van der Waals surface area contributed by atoms with Crippen molar-refractivity contribution in [1.82, 2.24) is 4.98 Å². The molecule has 0 radical (unpaired) electrons. The van der Waals surface area contributed by atoms with Crippen molar-refractivity contribution >= 4 is 27.4 Å². The van der Waals surface area contributed by atoms with Crippen LogP contribution in [-0.4, -0.2) is 4.98 Å². The van der Waals surface area contributed by atoms with E-state index in [1.165, 1.54) is 10.3 Å². The first-order valence-corrected chi connectivity index (χ1v) is 5.23. The van der Waals surface area contributed by atoms with E-state index in [-0.39, 0.29) is 0 Å². The van der Waals surface area contributed by atoms with Crippen LogP contribution >= 0.6 is 11.3 Å². The van der Waals surface area contributed by atoms with E-state index in [0.717, 1.165) is 17.5 Å². The average molecular weight is 192 g/mol. The molecule has 0 atom stereocenters. The third kappa shape index (κ3) is 1.29. The minimum Gasteiger partial charge on any atom is -0.383 e. The highest BCUT2D eigenvalue weighted by molar-refractivity contribution is 7.17. The van der Waals surface area contributed by atoms with Crippen molar-refractivity contribution in [2.75, 3.05) is 5.73 Å². The number of rotatable bonds is 1. The van der Waals surface area contributed by atoms with Gasteiger partial charge in [-0.2, -0.15) is 0 Å². The molecule has 0 bridgehead atoms. The average Bonchev–Trinajstić information content (AvgIpc) is 2.47. The molecular formula is C10H12N2S. The normalized spacial score (nSPS) is 10.9. The Labute approximate surface area is 81.4 Å². The molecule has 0 saturated carbocycles. The summed E-state index contributed by atoms with van der Waals surface area (Å²) in [5, 5.41) is 2.12. The highest BCUT2D eigenvalue weighted by Crippen LogP contribution is 2.26. The summed E-state index contributed by atoms with van der Waals surface area (Å²) in [7, 11) is 0. The molecule has 2 nitrogen and oxygen atoms in total. The molecule has 2 rings (SSSR count). The van der Waals surface area contributed by atoms with Crippen molar-refractivity contribution in [1.29, 1.82) is 0 Å². The first-order chi connectivity index (χ1) is 6.22. The lowest BCUT2D eigenvalue weighted by Crippen LogP contribution is -1.96. The van der Waals surface area contributed by atoms with Crippen LogP contribution < -0.4 is 5.73 Å². The van der Waals surface area contributed by atoms with Crippen molar-refractivity contribution in [3.8, 4) is 0 Å². The molecule has 0 aliphatic heterocycles. The number of hydrogen-bond acceptors (Lipinski definition) is 3. The molecule has 2 aromatic rings. The second-order valence-corrected chi connectivity index (χ2v) is 4.06. The molecule has 0 unspecified atom stereocenters. The van der Waals surface area contributed by atoms with Gasteiger partial charge in [0.25, 0.3) is 0 Å². The molecule has 2 heterocycles. The van der Waals surface area contributed by atoms with Gasteiger partial charge in [-0.05, 0) is 35.9 Å². The van der Waals surface area contributed by atoms with E-state index < -0.39 is 0 Å². The Hall–Kier alpha value is -1.09. The maximum Gasteiger partial charge on any atom is 0.127 e. The largest absolute Gasteiger partial charge is 0.383 e. The van der Waals surface area contributed by atoms with Crippen LogP contribution in [0.3, 0.4) is 0 Å². The van der Waals surface area contributed by atoms with Crippen LogP contribution in [0.4, 0.5) is 5.82 Å². The molecule has 2 N–H and O–H groups in total. The van der Waals surface area contributed by atoms with Crippen molar-refractivity contribution in [3.05, 3.63) is 22.6 Å². The number of aryl methyl sites for hydroxylation is 2. The Bertz CT molecular complexity index is 445. The summed E-state index contributed by atoms with van der Waals surface area (Å²) in [4.78, 5) is 4.39. The molecule has 2 aromatic heterocycles. The van der Waals surface area contributed by atoms with Crippen molar-refractivity contribution in [2.24, 2.45) is 0 Å². The highest BCUT2D eigenvalue weighted by Gasteiger charge is 2.05. The summed E-state index contributed by atoms with van der Waals surface area (Å²) in [6.07, 6.45) is 0.950. The fourth-order valence-electron chi connectivity index (χ4n) is 1.41. The molecule has 0 aliphatic rings. The lowest BCUT2D eigenvalue weighted by Gasteiger charge is -2.01. The van der Waals surface area contributed by atoms with Crippen LogP contribution in [0.5, 0.6) is 0 Å². The van der Waals surface area contributed by atoms with Crippen molar-refractivity contribution < 1.29 is 0 Å². The molecule has 0 fully saturated rings. The number of aromatic nitrogens is 1. The third-order valence-corrected chi connectivity index (χ3v) is 3.25. The predicted octanol–water partition coefficient (Wildman–Crippen LogP) is 2.75. The second-order valence-electron chi connectivity index (χ2n) is 3.15. The standard InChI is InChI=1S/C10H12N2S/c1-3-7-4-8-9(12-10(7)11)6(2)5-13-8/h4-5H,3H2,1-2H3,(H2,11,12). The van der Waals surface area contributed by atoms with Crippen LogP contribution in [0, 0.1) is 6.92 Å². The first kappa shape index (κ1) is 8.51. The number of nitrogens with zero attached hydrogens (tertiary/aromatic N) is 1. The molecule has 13 heavy (non-hydrogen) atoms. The van der Waals surface area contributed by atoms with Gasteiger partial charge in [0.2, 0.25) is 0 Å². The summed E-state index contributed by atoms with van der Waals surface area (Å²) >= 11 is 1.73. The second kappa shape index (κ2) is 3.00. The minimum atomic E-state index is 0.677. The maximum absolute atomic E-state index is 5.82. The lowest BCUT2D eigenvalue weighted by molar-refractivity contribution is 1.13. The van der Waals surface area contributed by atoms with Gasteiger partial charge in [-0.25, -0.2) is 4.98 Å². The van der Waals surface area contributed by atoms with Crippen LogP contribution in [0.1, 0.15) is 18.1 Å². The van der Waals surface area contributed by atoms with Gasteiger partial charge >= 0.3 is 0 Å². The van der Waals surface area contributed by atoms with E-state index in [9.17, 15) is 0 Å². The first-order valence-electron chi connectivity index (χ1n) is 4.35. The van der Waals surface area contributed by atoms with Gasteiger partial charge in [-0.15, -0.1) is 11.3 Å². The summed E-state index contributed by atoms with van der Waals surface area (Å²) in [5.41, 5.74) is 9.24. The van der Waals surface area contributed by atoms with Crippen molar-refractivity contribution in [2.45, 2.75) is 20.3 Å². The molecule has 3 heteroatoms. The Kier molecular flexibility index (Phi) is 1.96. The number of fused-ring (bicyclic) bond motifs is 1. The van der Waals surface area contributed by atoms with Crippen LogP contribution in [-0.2, 0) is 6.42 Å². The number of nitrogens with two attached hydrogens (primary N) is 1. The zero-order valence-corrected chi connectivity index (χ0v) is 8.61. The molecule has 0 aliphatic carbocycles. The predicted molar refractivity (Wildman–Crippen MR) is 58.1 cm³/mol. The summed E-state index contributed by atoms with van der Waals surface area (Å²) in [6, 6.07) is 2.15. The van der Waals surface area contributed by atoms with Gasteiger partial charge in [0, 0.05) is 0 Å². The van der Waals surface area contributed by atoms with Crippen LogP contribution in [0.25, 0.3) is 10.2 Å². The number of nitrogen functional groups attached to an aromatic ring is 1. The Morgan fingerprint density at radius 2 is 2.31 bits per heavy atom. The fourth-order valence-corrected chi connectivity index (χ4v) is 2.36.